The smallest absolute Gasteiger partial charge is 0.0568 e. The standard InChI is InChI=1S/C13H23NO/c15-13-3-1-2-11(13)6-7-14-9-10-4-5-12(14)8-10/h10-13,15H,1-9H2. The zero-order valence-electron chi connectivity index (χ0n) is 9.57. The summed E-state index contributed by atoms with van der Waals surface area (Å²) in [7, 11) is 0. The number of nitrogens with zero attached hydrogens (tertiary/aromatic N) is 1. The predicted molar refractivity (Wildman–Crippen MR) is 60.7 cm³/mol. The van der Waals surface area contributed by atoms with Gasteiger partial charge in [-0.2, -0.15) is 0 Å². The second kappa shape index (κ2) is 4.06. The van der Waals surface area contributed by atoms with E-state index in [1.54, 1.807) is 0 Å². The van der Waals surface area contributed by atoms with Crippen molar-refractivity contribution in [3.63, 3.8) is 0 Å². The van der Waals surface area contributed by atoms with Gasteiger partial charge in [0, 0.05) is 12.6 Å². The van der Waals surface area contributed by atoms with E-state index < -0.39 is 0 Å². The van der Waals surface area contributed by atoms with Crippen molar-refractivity contribution in [2.24, 2.45) is 11.8 Å². The second-order valence-corrected chi connectivity index (χ2v) is 5.87. The van der Waals surface area contributed by atoms with Crippen molar-refractivity contribution in [3.8, 4) is 0 Å². The maximum Gasteiger partial charge on any atom is 0.0568 e. The molecule has 0 aromatic rings. The van der Waals surface area contributed by atoms with Gasteiger partial charge in [-0.1, -0.05) is 6.42 Å². The zero-order chi connectivity index (χ0) is 10.3. The van der Waals surface area contributed by atoms with Gasteiger partial charge in [0.1, 0.15) is 0 Å². The van der Waals surface area contributed by atoms with Gasteiger partial charge in [-0.15, -0.1) is 0 Å². The molecule has 3 fully saturated rings. The van der Waals surface area contributed by atoms with E-state index in [2.05, 4.69) is 4.90 Å². The SMILES string of the molecule is OC1CCCC1CCN1CC2CCC1C2. The van der Waals surface area contributed by atoms with E-state index in [1.807, 2.05) is 0 Å². The maximum absolute atomic E-state index is 9.78. The monoisotopic (exact) mass is 209 g/mol. The lowest BCUT2D eigenvalue weighted by Crippen LogP contribution is -2.34. The highest BCUT2D eigenvalue weighted by molar-refractivity contribution is 4.92. The summed E-state index contributed by atoms with van der Waals surface area (Å²) in [4.78, 5) is 2.69. The normalized spacial score (nSPS) is 45.4. The van der Waals surface area contributed by atoms with Crippen LogP contribution in [0.1, 0.15) is 44.9 Å². The molecule has 0 radical (unpaired) electrons. The van der Waals surface area contributed by atoms with Crippen molar-refractivity contribution >= 4 is 0 Å². The molecule has 86 valence electrons. The van der Waals surface area contributed by atoms with Crippen LogP contribution in [-0.2, 0) is 0 Å². The molecule has 2 bridgehead atoms. The lowest BCUT2D eigenvalue weighted by atomic mass is 10.0. The van der Waals surface area contributed by atoms with Crippen molar-refractivity contribution in [1.29, 1.82) is 0 Å². The molecule has 1 saturated heterocycles. The Bertz CT molecular complexity index is 231. The maximum atomic E-state index is 9.78. The molecule has 0 amide bonds. The Morgan fingerprint density at radius 3 is 2.67 bits per heavy atom. The Morgan fingerprint density at radius 1 is 1.13 bits per heavy atom. The average molecular weight is 209 g/mol. The molecule has 1 N–H and O–H groups in total. The number of hydrogen-bond donors (Lipinski definition) is 1. The van der Waals surface area contributed by atoms with Crippen molar-refractivity contribution in [1.82, 2.24) is 4.90 Å². The Balaban J connectivity index is 1.46. The third kappa shape index (κ3) is 1.94. The molecule has 1 heterocycles. The lowest BCUT2D eigenvalue weighted by Gasteiger charge is -2.28. The topological polar surface area (TPSA) is 23.5 Å². The first-order valence-corrected chi connectivity index (χ1v) is 6.75. The number of piperidine rings is 1. The Hall–Kier alpha value is -0.0800. The van der Waals surface area contributed by atoms with Crippen LogP contribution >= 0.6 is 0 Å². The van der Waals surface area contributed by atoms with E-state index >= 15 is 0 Å². The highest BCUT2D eigenvalue weighted by Gasteiger charge is 2.37. The highest BCUT2D eigenvalue weighted by atomic mass is 16.3. The summed E-state index contributed by atoms with van der Waals surface area (Å²) in [5, 5.41) is 9.78. The molecule has 4 atom stereocenters. The lowest BCUT2D eigenvalue weighted by molar-refractivity contribution is 0.112. The average Bonchev–Trinajstić information content (AvgIpc) is 2.90. The Morgan fingerprint density at radius 2 is 2.07 bits per heavy atom. The number of likely N-dealkylation sites (tertiary alicyclic amines) is 1. The van der Waals surface area contributed by atoms with Gasteiger partial charge in [-0.05, 0) is 56.9 Å². The van der Waals surface area contributed by atoms with Crippen molar-refractivity contribution in [3.05, 3.63) is 0 Å². The number of aliphatic hydroxyl groups is 1. The summed E-state index contributed by atoms with van der Waals surface area (Å²) in [5.41, 5.74) is 0. The van der Waals surface area contributed by atoms with Crippen molar-refractivity contribution < 1.29 is 5.11 Å². The van der Waals surface area contributed by atoms with E-state index in [-0.39, 0.29) is 6.10 Å². The fourth-order valence-electron chi connectivity index (χ4n) is 3.99. The molecule has 0 spiro atoms. The second-order valence-electron chi connectivity index (χ2n) is 5.87. The Kier molecular flexibility index (Phi) is 2.73. The van der Waals surface area contributed by atoms with Crippen molar-refractivity contribution in [2.75, 3.05) is 13.1 Å². The molecule has 2 saturated carbocycles. The van der Waals surface area contributed by atoms with Crippen LogP contribution in [0.25, 0.3) is 0 Å². The molecule has 15 heavy (non-hydrogen) atoms. The van der Waals surface area contributed by atoms with Crippen LogP contribution in [-0.4, -0.2) is 35.2 Å². The van der Waals surface area contributed by atoms with E-state index in [1.165, 1.54) is 51.6 Å². The van der Waals surface area contributed by atoms with Crippen LogP contribution in [0.4, 0.5) is 0 Å². The summed E-state index contributed by atoms with van der Waals surface area (Å²) in [6, 6.07) is 0.911. The minimum Gasteiger partial charge on any atom is -0.393 e. The van der Waals surface area contributed by atoms with Gasteiger partial charge in [-0.25, -0.2) is 0 Å². The van der Waals surface area contributed by atoms with Crippen LogP contribution in [0.15, 0.2) is 0 Å². The number of aliphatic hydroxyl groups excluding tert-OH is 1. The molecule has 2 aliphatic carbocycles. The van der Waals surface area contributed by atoms with E-state index in [4.69, 9.17) is 0 Å². The van der Waals surface area contributed by atoms with Crippen LogP contribution < -0.4 is 0 Å². The van der Waals surface area contributed by atoms with Crippen molar-refractivity contribution in [2.45, 2.75) is 57.1 Å². The molecule has 4 unspecified atom stereocenters. The number of fused-ring (bicyclic) bond motifs is 2. The fraction of sp³-hybridized carbons (Fsp3) is 1.00. The van der Waals surface area contributed by atoms with Crippen LogP contribution in [0.2, 0.25) is 0 Å². The molecule has 3 rings (SSSR count). The van der Waals surface area contributed by atoms with Gasteiger partial charge in [0.05, 0.1) is 6.10 Å². The van der Waals surface area contributed by atoms with Gasteiger partial charge >= 0.3 is 0 Å². The minimum absolute atomic E-state index is 0.0183. The molecule has 0 aromatic heterocycles. The summed E-state index contributed by atoms with van der Waals surface area (Å²) < 4.78 is 0. The highest BCUT2D eigenvalue weighted by Crippen LogP contribution is 2.38. The van der Waals surface area contributed by atoms with Crippen LogP contribution in [0.3, 0.4) is 0 Å². The molecule has 0 aromatic carbocycles. The molecule has 1 aliphatic heterocycles. The molecular weight excluding hydrogens is 186 g/mol. The first kappa shape index (κ1) is 10.1. The van der Waals surface area contributed by atoms with Crippen LogP contribution in [0, 0.1) is 11.8 Å². The van der Waals surface area contributed by atoms with E-state index in [0.29, 0.717) is 5.92 Å². The predicted octanol–water partition coefficient (Wildman–Crippen LogP) is 2.02. The van der Waals surface area contributed by atoms with E-state index in [9.17, 15) is 5.11 Å². The summed E-state index contributed by atoms with van der Waals surface area (Å²) in [6.45, 7) is 2.61. The van der Waals surface area contributed by atoms with Gasteiger partial charge in [0.2, 0.25) is 0 Å². The minimum atomic E-state index is 0.0183. The molecule has 2 nitrogen and oxygen atoms in total. The largest absolute Gasteiger partial charge is 0.393 e. The third-order valence-corrected chi connectivity index (χ3v) is 4.93. The quantitative estimate of drug-likeness (QED) is 0.768. The summed E-state index contributed by atoms with van der Waals surface area (Å²) >= 11 is 0. The number of hydrogen-bond acceptors (Lipinski definition) is 2. The summed E-state index contributed by atoms with van der Waals surface area (Å²) in [6.07, 6.45) is 9.21. The zero-order valence-corrected chi connectivity index (χ0v) is 9.57. The Labute approximate surface area is 92.7 Å². The molecule has 2 heteroatoms. The van der Waals surface area contributed by atoms with Crippen LogP contribution in [0.5, 0.6) is 0 Å². The van der Waals surface area contributed by atoms with Gasteiger partial charge in [0.15, 0.2) is 0 Å². The van der Waals surface area contributed by atoms with E-state index in [0.717, 1.165) is 18.4 Å². The first-order chi connectivity index (χ1) is 7.33. The van der Waals surface area contributed by atoms with Gasteiger partial charge < -0.3 is 10.0 Å². The van der Waals surface area contributed by atoms with Gasteiger partial charge in [-0.3, -0.25) is 0 Å². The third-order valence-electron chi connectivity index (χ3n) is 4.93. The molecule has 3 aliphatic rings. The summed E-state index contributed by atoms with van der Waals surface area (Å²) in [5.74, 6) is 1.63. The number of rotatable bonds is 3. The first-order valence-electron chi connectivity index (χ1n) is 6.75. The van der Waals surface area contributed by atoms with Gasteiger partial charge in [0.25, 0.3) is 0 Å². The molecular formula is C13H23NO. The fourth-order valence-corrected chi connectivity index (χ4v) is 3.99.